The number of carbonyl (C=O) groups is 3. The van der Waals surface area contributed by atoms with Gasteiger partial charge in [0.25, 0.3) is 5.91 Å². The Morgan fingerprint density at radius 1 is 1.48 bits per heavy atom. The summed E-state index contributed by atoms with van der Waals surface area (Å²) in [6.07, 6.45) is 1.46. The van der Waals surface area contributed by atoms with Gasteiger partial charge in [0.1, 0.15) is 11.9 Å². The van der Waals surface area contributed by atoms with Crippen LogP contribution in [0.1, 0.15) is 38.6 Å². The highest BCUT2D eigenvalue weighted by Gasteiger charge is 2.29. The molecule has 0 aliphatic carbocycles. The van der Waals surface area contributed by atoms with Crippen LogP contribution in [0, 0.1) is 0 Å². The molecule has 1 heterocycles. The van der Waals surface area contributed by atoms with E-state index in [4.69, 9.17) is 10.3 Å². The highest BCUT2D eigenvalue weighted by atomic mass is 16.5. The molecule has 10 heteroatoms. The van der Waals surface area contributed by atoms with Crippen LogP contribution in [0.15, 0.2) is 12.4 Å². The van der Waals surface area contributed by atoms with Gasteiger partial charge < -0.3 is 25.3 Å². The van der Waals surface area contributed by atoms with Gasteiger partial charge in [-0.1, -0.05) is 0 Å². The van der Waals surface area contributed by atoms with Gasteiger partial charge in [0.05, 0.1) is 6.10 Å². The largest absolute Gasteiger partial charge is 0.461 e. The van der Waals surface area contributed by atoms with Crippen LogP contribution in [-0.2, 0) is 26.2 Å². The molecule has 2 atom stereocenters. The Bertz CT molecular complexity index is 678. The zero-order valence-corrected chi connectivity index (χ0v) is 14.2. The highest BCUT2D eigenvalue weighted by molar-refractivity contribution is 6.25. The normalized spacial score (nSPS) is 12.8. The Morgan fingerprint density at radius 3 is 2.68 bits per heavy atom. The summed E-state index contributed by atoms with van der Waals surface area (Å²) in [7, 11) is 1.61. The molecule has 25 heavy (non-hydrogen) atoms. The maximum absolute atomic E-state index is 12.2. The fourth-order valence-electron chi connectivity index (χ4n) is 1.99. The molecule has 0 bridgehead atoms. The van der Waals surface area contributed by atoms with E-state index in [9.17, 15) is 19.5 Å². The van der Waals surface area contributed by atoms with Gasteiger partial charge in [-0.3, -0.25) is 9.59 Å². The average molecular weight is 351 g/mol. The van der Waals surface area contributed by atoms with E-state index in [1.807, 2.05) is 0 Å². The van der Waals surface area contributed by atoms with Crippen molar-refractivity contribution in [1.82, 2.24) is 14.9 Å². The number of Topliss-reactive ketones (excluding diaryl/α,β-unsaturated/α-hetero) is 1. The number of aryl methyl sites for hydroxylation is 1. The Balaban J connectivity index is 2.82. The minimum atomic E-state index is -1.58. The maximum Gasteiger partial charge on any atom is 0.328 e. The van der Waals surface area contributed by atoms with Crippen LogP contribution >= 0.6 is 0 Å². The number of carbonyl (C=O) groups excluding carboxylic acids is 3. The summed E-state index contributed by atoms with van der Waals surface area (Å²) >= 11 is 0. The molecule has 0 unspecified atom stereocenters. The number of esters is 1. The summed E-state index contributed by atoms with van der Waals surface area (Å²) in [6.45, 7) is 3.28. The topological polar surface area (TPSA) is 147 Å². The average Bonchev–Trinajstić information content (AvgIpc) is 2.95. The summed E-state index contributed by atoms with van der Waals surface area (Å²) in [5.41, 5.74) is 8.32. The predicted molar refractivity (Wildman–Crippen MR) is 85.3 cm³/mol. The lowest BCUT2D eigenvalue weighted by Gasteiger charge is -2.20. The second-order valence-electron chi connectivity index (χ2n) is 5.60. The number of ketones is 1. The van der Waals surface area contributed by atoms with Crippen LogP contribution in [0.25, 0.3) is 5.53 Å². The Labute approximate surface area is 144 Å². The van der Waals surface area contributed by atoms with Gasteiger partial charge in [-0.05, 0) is 20.3 Å². The first-order chi connectivity index (χ1) is 11.8. The highest BCUT2D eigenvalue weighted by Crippen LogP contribution is 2.11. The lowest BCUT2D eigenvalue weighted by Crippen LogP contribution is -2.45. The van der Waals surface area contributed by atoms with E-state index in [2.05, 4.69) is 15.1 Å². The molecule has 0 fully saturated rings. The number of aromatic nitrogens is 2. The monoisotopic (exact) mass is 351 g/mol. The zero-order valence-electron chi connectivity index (χ0n) is 14.2. The van der Waals surface area contributed by atoms with Crippen molar-refractivity contribution in [2.75, 3.05) is 0 Å². The fourth-order valence-corrected chi connectivity index (χ4v) is 1.99. The third kappa shape index (κ3) is 6.28. The Hall–Kier alpha value is -2.84. The van der Waals surface area contributed by atoms with E-state index in [1.165, 1.54) is 10.8 Å². The van der Waals surface area contributed by atoms with E-state index < -0.39 is 35.9 Å². The minimum absolute atomic E-state index is 0.0740. The number of ether oxygens (including phenoxy) is 1. The number of rotatable bonds is 9. The van der Waals surface area contributed by atoms with Crippen molar-refractivity contribution in [3.05, 3.63) is 23.7 Å². The smallest absolute Gasteiger partial charge is 0.328 e. The number of hydrogen-bond donors (Lipinski definition) is 2. The zero-order chi connectivity index (χ0) is 19.0. The number of nitrogens with one attached hydrogen (secondary N) is 1. The molecule has 0 saturated heterocycles. The molecule has 0 saturated carbocycles. The molecule has 1 aromatic heterocycles. The lowest BCUT2D eigenvalue weighted by molar-refractivity contribution is -0.152. The molecule has 0 aromatic carbocycles. The molecule has 0 aliphatic rings. The van der Waals surface area contributed by atoms with E-state index in [0.717, 1.165) is 0 Å². The van der Waals surface area contributed by atoms with E-state index in [-0.39, 0.29) is 18.7 Å². The predicted octanol–water partition coefficient (Wildman–Crippen LogP) is -0.460. The van der Waals surface area contributed by atoms with Crippen LogP contribution in [0.4, 0.5) is 0 Å². The molecular formula is C15H21N5O5. The van der Waals surface area contributed by atoms with Crippen LogP contribution in [0.3, 0.4) is 0 Å². The molecular weight excluding hydrogens is 330 g/mol. The quantitative estimate of drug-likeness (QED) is 0.266. The molecule has 0 spiro atoms. The molecule has 1 amide bonds. The van der Waals surface area contributed by atoms with Crippen molar-refractivity contribution in [3.63, 3.8) is 0 Å². The summed E-state index contributed by atoms with van der Waals surface area (Å²) in [6, 6.07) is -1.14. The van der Waals surface area contributed by atoms with Crippen molar-refractivity contribution in [1.29, 1.82) is 0 Å². The number of hydrogen-bond acceptors (Lipinski definition) is 6. The van der Waals surface area contributed by atoms with Crippen molar-refractivity contribution < 1.29 is 29.0 Å². The fraction of sp³-hybridized carbons (Fsp3) is 0.533. The lowest BCUT2D eigenvalue weighted by atomic mass is 10.1. The van der Waals surface area contributed by atoms with Gasteiger partial charge in [-0.15, -0.1) is 0 Å². The van der Waals surface area contributed by atoms with Gasteiger partial charge in [0, 0.05) is 25.9 Å². The molecule has 0 aliphatic heterocycles. The van der Waals surface area contributed by atoms with Gasteiger partial charge in [0.15, 0.2) is 6.10 Å². The number of amides is 1. The van der Waals surface area contributed by atoms with Gasteiger partial charge in [-0.25, -0.2) is 9.78 Å². The second-order valence-corrected chi connectivity index (χ2v) is 5.60. The molecule has 1 rings (SSSR count). The minimum Gasteiger partial charge on any atom is -0.461 e. The van der Waals surface area contributed by atoms with E-state index in [1.54, 1.807) is 27.1 Å². The number of aliphatic hydroxyl groups is 1. The first-order valence-corrected chi connectivity index (χ1v) is 7.62. The second kappa shape index (κ2) is 9.45. The standard InChI is InChI=1S/C15H21N5O5/c1-9(2)25-15(24)11(5-4-10(21)8-18-16)19-14(23)12(22)13-17-6-7-20(13)3/h6-9,11-12,22H,4-5H2,1-3H3,(H,19,23)/t11-,12+/m0/s1. The van der Waals surface area contributed by atoms with Crippen molar-refractivity contribution in [2.24, 2.45) is 7.05 Å². The number of nitrogens with zero attached hydrogens (tertiary/aromatic N) is 4. The maximum atomic E-state index is 12.2. The van der Waals surface area contributed by atoms with Gasteiger partial charge >= 0.3 is 12.2 Å². The summed E-state index contributed by atoms with van der Waals surface area (Å²) < 4.78 is 6.51. The van der Waals surface area contributed by atoms with Gasteiger partial charge in [-0.2, -0.15) is 4.79 Å². The third-order valence-corrected chi connectivity index (χ3v) is 3.19. The van der Waals surface area contributed by atoms with Gasteiger partial charge in [0.2, 0.25) is 5.78 Å². The molecule has 2 N–H and O–H groups in total. The van der Waals surface area contributed by atoms with Crippen molar-refractivity contribution in [2.45, 2.75) is 44.9 Å². The Kier molecular flexibility index (Phi) is 7.64. The van der Waals surface area contributed by atoms with Crippen molar-refractivity contribution in [3.8, 4) is 0 Å². The Morgan fingerprint density at radius 2 is 2.16 bits per heavy atom. The summed E-state index contributed by atoms with van der Waals surface area (Å²) in [4.78, 5) is 42.2. The molecule has 136 valence electrons. The van der Waals surface area contributed by atoms with Crippen molar-refractivity contribution >= 4 is 23.9 Å². The summed E-state index contributed by atoms with van der Waals surface area (Å²) in [5, 5.41) is 12.4. The molecule has 0 radical (unpaired) electrons. The van der Waals surface area contributed by atoms with Crippen LogP contribution in [0.5, 0.6) is 0 Å². The van der Waals surface area contributed by atoms with Crippen LogP contribution < -0.4 is 5.32 Å². The van der Waals surface area contributed by atoms with E-state index >= 15 is 0 Å². The summed E-state index contributed by atoms with van der Waals surface area (Å²) in [5.74, 6) is -1.99. The SMILES string of the molecule is CC(C)OC(=O)[C@H](CCC(=O)C=[N+]=[N-])NC(=O)[C@H](O)c1nccn1C. The van der Waals surface area contributed by atoms with Crippen LogP contribution in [-0.4, -0.2) is 55.5 Å². The molecule has 1 aromatic rings. The molecule has 10 nitrogen and oxygen atoms in total. The van der Waals surface area contributed by atoms with E-state index in [0.29, 0.717) is 6.21 Å². The third-order valence-electron chi connectivity index (χ3n) is 3.19. The van der Waals surface area contributed by atoms with Crippen LogP contribution in [0.2, 0.25) is 0 Å². The first kappa shape index (κ1) is 20.2. The number of aliphatic hydroxyl groups excluding tert-OH is 1. The first-order valence-electron chi connectivity index (χ1n) is 7.62. The number of imidazole rings is 1.